The van der Waals surface area contributed by atoms with Gasteiger partial charge in [-0.15, -0.1) is 0 Å². The lowest BCUT2D eigenvalue weighted by Gasteiger charge is -2.41. The molecular formula is C45H79O14P. The van der Waals surface area contributed by atoms with Crippen molar-refractivity contribution in [2.45, 2.75) is 217 Å². The predicted molar refractivity (Wildman–Crippen MR) is 231 cm³/mol. The molecule has 0 bridgehead atoms. The summed E-state index contributed by atoms with van der Waals surface area (Å²) in [6.45, 7) is 3.10. The molecule has 0 amide bonds. The monoisotopic (exact) mass is 875 g/mol. The van der Waals surface area contributed by atoms with E-state index in [1.165, 1.54) is 38.5 Å². The van der Waals surface area contributed by atoms with Crippen LogP contribution in [0.2, 0.25) is 0 Å². The van der Waals surface area contributed by atoms with Crippen molar-refractivity contribution in [1.29, 1.82) is 0 Å². The van der Waals surface area contributed by atoms with E-state index in [-0.39, 0.29) is 18.6 Å². The molecule has 6 N–H and O–H groups in total. The van der Waals surface area contributed by atoms with Gasteiger partial charge in [0.1, 0.15) is 43.2 Å². The summed E-state index contributed by atoms with van der Waals surface area (Å²) < 4.78 is 33.4. The van der Waals surface area contributed by atoms with Crippen LogP contribution in [0.4, 0.5) is 0 Å². The molecular weight excluding hydrogens is 795 g/mol. The minimum Gasteiger partial charge on any atom is -0.462 e. The fourth-order valence-electron chi connectivity index (χ4n) is 6.67. The standard InChI is InChI=1S/C45H79O14P/c1-3-5-7-8-9-10-11-12-13-14-15-18-22-25-29-33-39(48)58-37(35-57-60(54,55)59-45-43(52)41(50)40(49)42(51)44(45)53)34-56-38(47)32-28-24-21-19-16-17-20-23-27-31-36(46)30-26-6-4-2/h12-13,20,23,27,31,37,40-45,49-53H,3-11,14-19,21-22,24-26,28-30,32-35H2,1-2H3,(H,54,55)/b13-12-,23-20-,31-27+/t37-,40?,41-,42+,43-,44-,45?/m1/s1. The molecule has 3 unspecified atom stereocenters. The zero-order valence-corrected chi connectivity index (χ0v) is 37.4. The smallest absolute Gasteiger partial charge is 0.462 e. The summed E-state index contributed by atoms with van der Waals surface area (Å²) in [7, 11) is -5.14. The SMILES string of the molecule is CCCCCCCC/C=C\CCCCCCCC(=O)O[C@H](COC(=O)CCCCCCC/C=C\C=C\C(=O)CCCCC)COP(=O)(O)OC1[C@H](O)[C@H](O)C(O)[C@H](O)[C@H]1O. The fourth-order valence-corrected chi connectivity index (χ4v) is 7.65. The largest absolute Gasteiger partial charge is 0.472 e. The predicted octanol–water partition coefficient (Wildman–Crippen LogP) is 7.79. The van der Waals surface area contributed by atoms with Gasteiger partial charge in [0.2, 0.25) is 0 Å². The van der Waals surface area contributed by atoms with E-state index in [1.807, 2.05) is 12.2 Å². The van der Waals surface area contributed by atoms with E-state index < -0.39 is 75.7 Å². The minimum absolute atomic E-state index is 0.0692. The summed E-state index contributed by atoms with van der Waals surface area (Å²) in [5.41, 5.74) is 0. The lowest BCUT2D eigenvalue weighted by atomic mass is 9.85. The first-order chi connectivity index (χ1) is 28.8. The third-order valence-electron chi connectivity index (χ3n) is 10.4. The number of carbonyl (C=O) groups excluding carboxylic acids is 3. The number of allylic oxidation sites excluding steroid dienone is 6. The Morgan fingerprint density at radius 1 is 0.550 bits per heavy atom. The number of ketones is 1. The van der Waals surface area contributed by atoms with Crippen LogP contribution in [0.3, 0.4) is 0 Å². The number of hydrogen-bond acceptors (Lipinski definition) is 13. The van der Waals surface area contributed by atoms with Crippen LogP contribution >= 0.6 is 7.82 Å². The molecule has 1 aliphatic rings. The van der Waals surface area contributed by atoms with Crippen molar-refractivity contribution < 1.29 is 67.9 Å². The highest BCUT2D eigenvalue weighted by Gasteiger charge is 2.51. The molecule has 0 aromatic rings. The molecule has 1 fully saturated rings. The van der Waals surface area contributed by atoms with Crippen molar-refractivity contribution >= 4 is 25.5 Å². The summed E-state index contributed by atoms with van der Waals surface area (Å²) in [6.07, 6.45) is 21.8. The molecule has 0 heterocycles. The molecule has 14 nitrogen and oxygen atoms in total. The third-order valence-corrected chi connectivity index (χ3v) is 11.4. The van der Waals surface area contributed by atoms with Gasteiger partial charge in [-0.3, -0.25) is 23.4 Å². The van der Waals surface area contributed by atoms with Crippen LogP contribution < -0.4 is 0 Å². The Morgan fingerprint density at radius 2 is 1.00 bits per heavy atom. The van der Waals surface area contributed by atoms with Crippen molar-refractivity contribution in [2.24, 2.45) is 0 Å². The maximum Gasteiger partial charge on any atom is 0.472 e. The Balaban J connectivity index is 2.50. The molecule has 348 valence electrons. The number of hydrogen-bond donors (Lipinski definition) is 6. The zero-order valence-electron chi connectivity index (χ0n) is 36.5. The number of carbonyl (C=O) groups is 3. The lowest BCUT2D eigenvalue weighted by Crippen LogP contribution is -2.64. The Morgan fingerprint density at radius 3 is 1.57 bits per heavy atom. The van der Waals surface area contributed by atoms with Crippen molar-refractivity contribution in [3.63, 3.8) is 0 Å². The molecule has 1 saturated carbocycles. The van der Waals surface area contributed by atoms with Gasteiger partial charge in [0.25, 0.3) is 0 Å². The van der Waals surface area contributed by atoms with E-state index in [0.29, 0.717) is 19.3 Å². The molecule has 0 aromatic heterocycles. The average Bonchev–Trinajstić information content (AvgIpc) is 3.22. The summed E-state index contributed by atoms with van der Waals surface area (Å²) in [5, 5.41) is 50.1. The number of phosphoric ester groups is 1. The zero-order chi connectivity index (χ0) is 44.4. The molecule has 15 heteroatoms. The van der Waals surface area contributed by atoms with Gasteiger partial charge in [0.05, 0.1) is 6.61 Å². The fraction of sp³-hybridized carbons (Fsp3) is 0.800. The van der Waals surface area contributed by atoms with Gasteiger partial charge in [-0.05, 0) is 63.9 Å². The van der Waals surface area contributed by atoms with Crippen LogP contribution in [0.25, 0.3) is 0 Å². The van der Waals surface area contributed by atoms with E-state index in [2.05, 4.69) is 26.0 Å². The molecule has 8 atom stereocenters. The second kappa shape index (κ2) is 35.2. The maximum atomic E-state index is 12.8. The highest BCUT2D eigenvalue weighted by molar-refractivity contribution is 7.47. The number of rotatable bonds is 37. The molecule has 0 aliphatic heterocycles. The topological polar surface area (TPSA) is 227 Å². The number of esters is 2. The number of ether oxygens (including phenoxy) is 2. The van der Waals surface area contributed by atoms with Gasteiger partial charge in [-0.25, -0.2) is 4.57 Å². The van der Waals surface area contributed by atoms with Crippen LogP contribution in [-0.4, -0.2) is 104 Å². The van der Waals surface area contributed by atoms with E-state index in [0.717, 1.165) is 89.9 Å². The maximum absolute atomic E-state index is 12.8. The Hall–Kier alpha value is -2.26. The van der Waals surface area contributed by atoms with Crippen molar-refractivity contribution in [3.05, 3.63) is 36.5 Å². The van der Waals surface area contributed by atoms with Crippen molar-refractivity contribution in [1.82, 2.24) is 0 Å². The van der Waals surface area contributed by atoms with E-state index in [4.69, 9.17) is 18.5 Å². The van der Waals surface area contributed by atoms with Gasteiger partial charge in [0, 0.05) is 19.3 Å². The minimum atomic E-state index is -5.14. The van der Waals surface area contributed by atoms with E-state index in [9.17, 15) is 49.4 Å². The van der Waals surface area contributed by atoms with Crippen molar-refractivity contribution in [3.8, 4) is 0 Å². The molecule has 0 aromatic carbocycles. The number of phosphoric acid groups is 1. The summed E-state index contributed by atoms with van der Waals surface area (Å²) in [6, 6.07) is 0. The van der Waals surface area contributed by atoms with Crippen LogP contribution in [0.5, 0.6) is 0 Å². The van der Waals surface area contributed by atoms with Crippen LogP contribution in [0.15, 0.2) is 36.5 Å². The summed E-state index contributed by atoms with van der Waals surface area (Å²) in [4.78, 5) is 47.4. The Labute approximate surface area is 359 Å². The first-order valence-electron chi connectivity index (χ1n) is 22.7. The normalized spacial score (nSPS) is 22.4. The van der Waals surface area contributed by atoms with Gasteiger partial charge >= 0.3 is 19.8 Å². The number of aliphatic hydroxyl groups is 5. The highest BCUT2D eigenvalue weighted by Crippen LogP contribution is 2.47. The van der Waals surface area contributed by atoms with E-state index in [1.54, 1.807) is 12.2 Å². The Bertz CT molecular complexity index is 1260. The van der Waals surface area contributed by atoms with Crippen LogP contribution in [0, 0.1) is 0 Å². The van der Waals surface area contributed by atoms with Crippen LogP contribution in [-0.2, 0) is 37.5 Å². The molecule has 0 radical (unpaired) electrons. The average molecular weight is 875 g/mol. The second-order valence-electron chi connectivity index (χ2n) is 15.9. The van der Waals surface area contributed by atoms with Gasteiger partial charge < -0.3 is 39.9 Å². The first-order valence-corrected chi connectivity index (χ1v) is 24.2. The third kappa shape index (κ3) is 27.6. The number of aliphatic hydroxyl groups excluding tert-OH is 5. The summed E-state index contributed by atoms with van der Waals surface area (Å²) >= 11 is 0. The molecule has 0 saturated heterocycles. The molecule has 1 rings (SSSR count). The highest BCUT2D eigenvalue weighted by atomic mass is 31.2. The van der Waals surface area contributed by atoms with Gasteiger partial charge in [0.15, 0.2) is 11.9 Å². The van der Waals surface area contributed by atoms with Gasteiger partial charge in [-0.2, -0.15) is 0 Å². The van der Waals surface area contributed by atoms with Crippen molar-refractivity contribution in [2.75, 3.05) is 13.2 Å². The Kier molecular flexibility index (Phi) is 32.7. The van der Waals surface area contributed by atoms with Crippen LogP contribution in [0.1, 0.15) is 174 Å². The summed E-state index contributed by atoms with van der Waals surface area (Å²) in [5.74, 6) is -1.02. The van der Waals surface area contributed by atoms with E-state index >= 15 is 0 Å². The number of unbranched alkanes of at least 4 members (excludes halogenated alkanes) is 18. The molecule has 0 spiro atoms. The quantitative estimate of drug-likeness (QED) is 0.00875. The lowest BCUT2D eigenvalue weighted by molar-refractivity contribution is -0.220. The molecule has 1 aliphatic carbocycles. The van der Waals surface area contributed by atoms with Gasteiger partial charge in [-0.1, -0.05) is 128 Å². The molecule has 60 heavy (non-hydrogen) atoms. The second-order valence-corrected chi connectivity index (χ2v) is 17.3. The first kappa shape index (κ1) is 55.8.